The molecule has 1 aromatic heterocycles. The van der Waals surface area contributed by atoms with E-state index < -0.39 is 0 Å². The summed E-state index contributed by atoms with van der Waals surface area (Å²) in [5.74, 6) is 1.49. The smallest absolute Gasteiger partial charge is 0.185 e. The predicted octanol–water partition coefficient (Wildman–Crippen LogP) is 4.65. The number of carbonyl (C=O) groups is 1. The van der Waals surface area contributed by atoms with E-state index >= 15 is 0 Å². The summed E-state index contributed by atoms with van der Waals surface area (Å²) in [5.41, 5.74) is 2.24. The molecule has 0 fully saturated rings. The van der Waals surface area contributed by atoms with E-state index in [2.05, 4.69) is 35.8 Å². The van der Waals surface area contributed by atoms with E-state index in [0.717, 1.165) is 22.1 Å². The SMILES string of the molecule is CC(C)c1cc(Br)ccc1-c1ccc(C=O)o1. The third-order valence-corrected chi connectivity index (χ3v) is 3.14. The zero-order chi connectivity index (χ0) is 12.4. The van der Waals surface area contributed by atoms with Gasteiger partial charge in [-0.25, -0.2) is 0 Å². The molecular formula is C14H13BrO2. The number of hydrogen-bond donors (Lipinski definition) is 0. The molecule has 0 amide bonds. The number of rotatable bonds is 3. The first kappa shape index (κ1) is 12.1. The minimum atomic E-state index is 0.359. The molecule has 2 rings (SSSR count). The average molecular weight is 293 g/mol. The number of benzene rings is 1. The van der Waals surface area contributed by atoms with Crippen molar-refractivity contribution in [3.8, 4) is 11.3 Å². The van der Waals surface area contributed by atoms with Gasteiger partial charge in [0.15, 0.2) is 12.0 Å². The van der Waals surface area contributed by atoms with E-state index in [4.69, 9.17) is 4.42 Å². The van der Waals surface area contributed by atoms with Gasteiger partial charge >= 0.3 is 0 Å². The lowest BCUT2D eigenvalue weighted by Crippen LogP contribution is -1.91. The molecule has 2 aromatic rings. The molecule has 0 radical (unpaired) electrons. The minimum Gasteiger partial charge on any atom is -0.453 e. The Hall–Kier alpha value is -1.35. The maximum absolute atomic E-state index is 10.6. The summed E-state index contributed by atoms with van der Waals surface area (Å²) >= 11 is 3.47. The van der Waals surface area contributed by atoms with Gasteiger partial charge in [0.1, 0.15) is 5.76 Å². The first-order valence-corrected chi connectivity index (χ1v) is 6.26. The van der Waals surface area contributed by atoms with E-state index in [1.807, 2.05) is 18.2 Å². The van der Waals surface area contributed by atoms with E-state index in [1.165, 1.54) is 5.56 Å². The van der Waals surface area contributed by atoms with E-state index in [0.29, 0.717) is 11.7 Å². The molecule has 0 spiro atoms. The molecule has 0 saturated heterocycles. The van der Waals surface area contributed by atoms with Crippen molar-refractivity contribution < 1.29 is 9.21 Å². The van der Waals surface area contributed by atoms with E-state index in [-0.39, 0.29) is 0 Å². The molecule has 0 N–H and O–H groups in total. The van der Waals surface area contributed by atoms with E-state index in [1.54, 1.807) is 6.07 Å². The Balaban J connectivity index is 2.54. The monoisotopic (exact) mass is 292 g/mol. The number of furan rings is 1. The second kappa shape index (κ2) is 4.88. The molecule has 0 bridgehead atoms. The van der Waals surface area contributed by atoms with Crippen LogP contribution in [0.2, 0.25) is 0 Å². The predicted molar refractivity (Wildman–Crippen MR) is 71.3 cm³/mol. The number of hydrogen-bond acceptors (Lipinski definition) is 2. The van der Waals surface area contributed by atoms with Crippen LogP contribution in [0.25, 0.3) is 11.3 Å². The number of carbonyl (C=O) groups excluding carboxylic acids is 1. The van der Waals surface area contributed by atoms with Crippen LogP contribution >= 0.6 is 15.9 Å². The van der Waals surface area contributed by atoms with Gasteiger partial charge in [0.25, 0.3) is 0 Å². The van der Waals surface area contributed by atoms with Crippen LogP contribution < -0.4 is 0 Å². The van der Waals surface area contributed by atoms with Gasteiger partial charge in [0.2, 0.25) is 0 Å². The molecule has 0 aliphatic rings. The topological polar surface area (TPSA) is 30.2 Å². The largest absolute Gasteiger partial charge is 0.453 e. The normalized spacial score (nSPS) is 10.8. The standard InChI is InChI=1S/C14H13BrO2/c1-9(2)13-7-10(15)3-5-12(13)14-6-4-11(8-16)17-14/h3-9H,1-2H3. The molecule has 0 saturated carbocycles. The summed E-state index contributed by atoms with van der Waals surface area (Å²) in [6, 6.07) is 9.59. The molecule has 1 heterocycles. The highest BCUT2D eigenvalue weighted by molar-refractivity contribution is 9.10. The molecule has 3 heteroatoms. The van der Waals surface area contributed by atoms with Crippen LogP contribution in [-0.2, 0) is 0 Å². The zero-order valence-electron chi connectivity index (χ0n) is 9.74. The van der Waals surface area contributed by atoms with Gasteiger partial charge in [0.05, 0.1) is 0 Å². The maximum Gasteiger partial charge on any atom is 0.185 e. The Morgan fingerprint density at radius 1 is 1.24 bits per heavy atom. The molecule has 0 aliphatic carbocycles. The first-order chi connectivity index (χ1) is 8.11. The van der Waals surface area contributed by atoms with Gasteiger partial charge in [-0.15, -0.1) is 0 Å². The third kappa shape index (κ3) is 2.50. The van der Waals surface area contributed by atoms with Crippen molar-refractivity contribution in [2.75, 3.05) is 0 Å². The average Bonchev–Trinajstić information content (AvgIpc) is 2.77. The van der Waals surface area contributed by atoms with Gasteiger partial charge in [-0.2, -0.15) is 0 Å². The summed E-state index contributed by atoms with van der Waals surface area (Å²) in [7, 11) is 0. The molecule has 0 aliphatic heterocycles. The quantitative estimate of drug-likeness (QED) is 0.771. The molecule has 2 nitrogen and oxygen atoms in total. The van der Waals surface area contributed by atoms with Crippen molar-refractivity contribution in [1.29, 1.82) is 0 Å². The molecule has 0 atom stereocenters. The number of halogens is 1. The highest BCUT2D eigenvalue weighted by Crippen LogP contribution is 2.32. The summed E-state index contributed by atoms with van der Waals surface area (Å²) in [6.07, 6.45) is 0.720. The highest BCUT2D eigenvalue weighted by Gasteiger charge is 2.12. The zero-order valence-corrected chi connectivity index (χ0v) is 11.3. The molecule has 1 aromatic carbocycles. The van der Waals surface area contributed by atoms with Crippen molar-refractivity contribution in [2.45, 2.75) is 19.8 Å². The van der Waals surface area contributed by atoms with Gasteiger partial charge in [-0.05, 0) is 41.8 Å². The van der Waals surface area contributed by atoms with Crippen molar-refractivity contribution in [3.05, 3.63) is 46.1 Å². The van der Waals surface area contributed by atoms with Crippen molar-refractivity contribution in [2.24, 2.45) is 0 Å². The fourth-order valence-corrected chi connectivity index (χ4v) is 2.18. The Kier molecular flexibility index (Phi) is 3.48. The minimum absolute atomic E-state index is 0.359. The third-order valence-electron chi connectivity index (χ3n) is 2.64. The molecular weight excluding hydrogens is 280 g/mol. The lowest BCUT2D eigenvalue weighted by Gasteiger charge is -2.11. The van der Waals surface area contributed by atoms with Gasteiger partial charge in [-0.3, -0.25) is 4.79 Å². The Labute approximate surface area is 109 Å². The van der Waals surface area contributed by atoms with Crippen molar-refractivity contribution in [1.82, 2.24) is 0 Å². The fourth-order valence-electron chi connectivity index (χ4n) is 1.80. The highest BCUT2D eigenvalue weighted by atomic mass is 79.9. The van der Waals surface area contributed by atoms with Crippen LogP contribution in [0, 0.1) is 0 Å². The number of aldehydes is 1. The lowest BCUT2D eigenvalue weighted by atomic mass is 9.96. The Morgan fingerprint density at radius 3 is 2.59 bits per heavy atom. The summed E-state index contributed by atoms with van der Waals surface area (Å²) in [4.78, 5) is 10.6. The van der Waals surface area contributed by atoms with Gasteiger partial charge in [0, 0.05) is 10.0 Å². The van der Waals surface area contributed by atoms with Crippen LogP contribution in [0.15, 0.2) is 39.2 Å². The Bertz CT molecular complexity index is 541. The second-order valence-electron chi connectivity index (χ2n) is 4.21. The summed E-state index contributed by atoms with van der Waals surface area (Å²) in [6.45, 7) is 4.27. The van der Waals surface area contributed by atoms with Gasteiger partial charge < -0.3 is 4.42 Å². The van der Waals surface area contributed by atoms with Crippen molar-refractivity contribution >= 4 is 22.2 Å². The van der Waals surface area contributed by atoms with E-state index in [9.17, 15) is 4.79 Å². The van der Waals surface area contributed by atoms with Crippen LogP contribution in [0.4, 0.5) is 0 Å². The second-order valence-corrected chi connectivity index (χ2v) is 5.12. The van der Waals surface area contributed by atoms with Crippen LogP contribution in [0.1, 0.15) is 35.9 Å². The fraction of sp³-hybridized carbons (Fsp3) is 0.214. The van der Waals surface area contributed by atoms with Crippen LogP contribution in [0.3, 0.4) is 0 Å². The first-order valence-electron chi connectivity index (χ1n) is 5.46. The lowest BCUT2D eigenvalue weighted by molar-refractivity contribution is 0.110. The summed E-state index contributed by atoms with van der Waals surface area (Å²) in [5, 5.41) is 0. The summed E-state index contributed by atoms with van der Waals surface area (Å²) < 4.78 is 6.51. The molecule has 88 valence electrons. The Morgan fingerprint density at radius 2 is 2.00 bits per heavy atom. The van der Waals surface area contributed by atoms with Gasteiger partial charge in [-0.1, -0.05) is 29.8 Å². The van der Waals surface area contributed by atoms with Crippen molar-refractivity contribution in [3.63, 3.8) is 0 Å². The molecule has 0 unspecified atom stereocenters. The van der Waals surface area contributed by atoms with Crippen LogP contribution in [0.5, 0.6) is 0 Å². The maximum atomic E-state index is 10.6. The van der Waals surface area contributed by atoms with Crippen LogP contribution in [-0.4, -0.2) is 6.29 Å². The molecule has 17 heavy (non-hydrogen) atoms.